The number of nitrogens with one attached hydrogen (secondary N) is 1. The molecule has 0 amide bonds. The SMILES string of the molecule is C=C/C=C\C(=C/C=C)NC1=CC(C)C=CC=C1. The van der Waals surface area contributed by atoms with E-state index in [1.807, 2.05) is 24.3 Å². The second kappa shape index (κ2) is 7.29. The fourth-order valence-electron chi connectivity index (χ4n) is 1.48. The number of allylic oxidation sites excluding steroid dienone is 10. The summed E-state index contributed by atoms with van der Waals surface area (Å²) in [4.78, 5) is 0. The third kappa shape index (κ3) is 5.03. The van der Waals surface area contributed by atoms with Crippen molar-refractivity contribution >= 4 is 0 Å². The van der Waals surface area contributed by atoms with E-state index in [-0.39, 0.29) is 0 Å². The lowest BCUT2D eigenvalue weighted by atomic mass is 10.1. The molecule has 0 radical (unpaired) electrons. The summed E-state index contributed by atoms with van der Waals surface area (Å²) < 4.78 is 0. The van der Waals surface area contributed by atoms with Gasteiger partial charge in [0.25, 0.3) is 0 Å². The van der Waals surface area contributed by atoms with Gasteiger partial charge >= 0.3 is 0 Å². The maximum Gasteiger partial charge on any atom is 0.0383 e. The van der Waals surface area contributed by atoms with Crippen molar-refractivity contribution in [3.05, 3.63) is 85.3 Å². The van der Waals surface area contributed by atoms with Crippen molar-refractivity contribution in [1.82, 2.24) is 5.32 Å². The smallest absolute Gasteiger partial charge is 0.0383 e. The zero-order valence-electron chi connectivity index (χ0n) is 10.3. The van der Waals surface area contributed by atoms with Gasteiger partial charge in [0.05, 0.1) is 0 Å². The van der Waals surface area contributed by atoms with Gasteiger partial charge in [-0.3, -0.25) is 0 Å². The molecule has 0 heterocycles. The zero-order valence-corrected chi connectivity index (χ0v) is 10.3. The number of rotatable bonds is 5. The van der Waals surface area contributed by atoms with E-state index in [1.54, 1.807) is 12.2 Å². The molecule has 17 heavy (non-hydrogen) atoms. The molecule has 0 spiro atoms. The van der Waals surface area contributed by atoms with Gasteiger partial charge in [0, 0.05) is 11.4 Å². The Morgan fingerprint density at radius 1 is 1.29 bits per heavy atom. The minimum atomic E-state index is 0.431. The van der Waals surface area contributed by atoms with Gasteiger partial charge in [0.1, 0.15) is 0 Å². The van der Waals surface area contributed by atoms with Crippen LogP contribution in [-0.2, 0) is 0 Å². The lowest BCUT2D eigenvalue weighted by Crippen LogP contribution is -2.10. The minimum absolute atomic E-state index is 0.431. The van der Waals surface area contributed by atoms with Crippen LogP contribution in [0, 0.1) is 5.92 Å². The van der Waals surface area contributed by atoms with Crippen LogP contribution in [0.15, 0.2) is 85.3 Å². The van der Waals surface area contributed by atoms with Crippen molar-refractivity contribution in [3.63, 3.8) is 0 Å². The molecule has 0 fully saturated rings. The van der Waals surface area contributed by atoms with Gasteiger partial charge in [-0.2, -0.15) is 0 Å². The van der Waals surface area contributed by atoms with Crippen LogP contribution >= 0.6 is 0 Å². The Labute approximate surface area is 104 Å². The summed E-state index contributed by atoms with van der Waals surface area (Å²) in [5.41, 5.74) is 2.08. The molecule has 1 aliphatic carbocycles. The molecule has 0 aromatic heterocycles. The highest BCUT2D eigenvalue weighted by Crippen LogP contribution is 2.10. The predicted molar refractivity (Wildman–Crippen MR) is 76.3 cm³/mol. The Hall–Kier alpha value is -2.02. The minimum Gasteiger partial charge on any atom is -0.356 e. The average molecular weight is 225 g/mol. The van der Waals surface area contributed by atoms with Gasteiger partial charge in [0.15, 0.2) is 0 Å². The van der Waals surface area contributed by atoms with Crippen LogP contribution in [0.5, 0.6) is 0 Å². The number of hydrogen-bond donors (Lipinski definition) is 1. The molecule has 0 aromatic rings. The van der Waals surface area contributed by atoms with Crippen molar-refractivity contribution in [2.75, 3.05) is 0 Å². The van der Waals surface area contributed by atoms with Crippen LogP contribution in [0.25, 0.3) is 0 Å². The second-order valence-electron chi connectivity index (χ2n) is 3.80. The topological polar surface area (TPSA) is 12.0 Å². The summed E-state index contributed by atoms with van der Waals surface area (Å²) >= 11 is 0. The van der Waals surface area contributed by atoms with Crippen molar-refractivity contribution in [2.45, 2.75) is 6.92 Å². The van der Waals surface area contributed by atoms with Crippen molar-refractivity contribution in [3.8, 4) is 0 Å². The predicted octanol–water partition coefficient (Wildman–Crippen LogP) is 4.03. The first kappa shape index (κ1) is 13.0. The summed E-state index contributed by atoms with van der Waals surface area (Å²) in [7, 11) is 0. The van der Waals surface area contributed by atoms with Crippen LogP contribution in [-0.4, -0.2) is 0 Å². The number of hydrogen-bond acceptors (Lipinski definition) is 1. The Morgan fingerprint density at radius 3 is 2.82 bits per heavy atom. The molecule has 0 saturated heterocycles. The Morgan fingerprint density at radius 2 is 2.12 bits per heavy atom. The Balaban J connectivity index is 2.80. The van der Waals surface area contributed by atoms with Crippen LogP contribution in [0.2, 0.25) is 0 Å². The van der Waals surface area contributed by atoms with Gasteiger partial charge in [-0.15, -0.1) is 0 Å². The summed E-state index contributed by atoms with van der Waals surface area (Å²) in [5, 5.41) is 3.35. The van der Waals surface area contributed by atoms with E-state index in [4.69, 9.17) is 0 Å². The maximum atomic E-state index is 3.71. The molecule has 1 unspecified atom stereocenters. The van der Waals surface area contributed by atoms with Gasteiger partial charge in [0.2, 0.25) is 0 Å². The van der Waals surface area contributed by atoms with E-state index >= 15 is 0 Å². The van der Waals surface area contributed by atoms with E-state index in [1.165, 1.54) is 0 Å². The molecule has 1 aliphatic rings. The van der Waals surface area contributed by atoms with Crippen molar-refractivity contribution in [1.29, 1.82) is 0 Å². The standard InChI is InChI=1S/C16H19N/c1-4-6-11-15(9-5-2)17-16-12-8-7-10-14(3)13-16/h4-14,17H,1-2H2,3H3/b11-6-,15-9+. The molecule has 0 bridgehead atoms. The zero-order chi connectivity index (χ0) is 12.5. The monoisotopic (exact) mass is 225 g/mol. The Bertz CT molecular complexity index is 417. The molecule has 1 rings (SSSR count). The molecule has 88 valence electrons. The van der Waals surface area contributed by atoms with Crippen molar-refractivity contribution in [2.24, 2.45) is 5.92 Å². The van der Waals surface area contributed by atoms with E-state index < -0.39 is 0 Å². The van der Waals surface area contributed by atoms with Crippen LogP contribution in [0.1, 0.15) is 6.92 Å². The summed E-state index contributed by atoms with van der Waals surface area (Å²) in [6.45, 7) is 9.52. The lowest BCUT2D eigenvalue weighted by molar-refractivity contribution is 0.907. The third-order valence-electron chi connectivity index (χ3n) is 2.24. The average Bonchev–Trinajstić information content (AvgIpc) is 2.51. The van der Waals surface area contributed by atoms with Crippen molar-refractivity contribution < 1.29 is 0 Å². The first-order valence-corrected chi connectivity index (χ1v) is 5.72. The molecule has 0 aromatic carbocycles. The highest BCUT2D eigenvalue weighted by atomic mass is 14.9. The van der Waals surface area contributed by atoms with E-state index in [0.29, 0.717) is 5.92 Å². The lowest BCUT2D eigenvalue weighted by Gasteiger charge is -2.08. The molecule has 1 nitrogen and oxygen atoms in total. The fraction of sp³-hybridized carbons (Fsp3) is 0.125. The van der Waals surface area contributed by atoms with Gasteiger partial charge in [-0.1, -0.05) is 62.6 Å². The Kier molecular flexibility index (Phi) is 5.59. The van der Waals surface area contributed by atoms with E-state index in [2.05, 4.69) is 49.7 Å². The van der Waals surface area contributed by atoms with Gasteiger partial charge in [-0.05, 0) is 24.1 Å². The van der Waals surface area contributed by atoms with Crippen LogP contribution < -0.4 is 5.32 Å². The molecule has 0 aliphatic heterocycles. The molecule has 1 N–H and O–H groups in total. The first-order chi connectivity index (χ1) is 8.26. The largest absolute Gasteiger partial charge is 0.356 e. The third-order valence-corrected chi connectivity index (χ3v) is 2.24. The maximum absolute atomic E-state index is 3.71. The molecular weight excluding hydrogens is 206 g/mol. The normalized spacial score (nSPS) is 19.9. The second-order valence-corrected chi connectivity index (χ2v) is 3.80. The van der Waals surface area contributed by atoms with E-state index in [9.17, 15) is 0 Å². The molecule has 0 saturated carbocycles. The van der Waals surface area contributed by atoms with Crippen LogP contribution in [0.4, 0.5) is 0 Å². The molecular formula is C16H19N. The summed E-state index contributed by atoms with van der Waals surface area (Å²) in [6, 6.07) is 0. The van der Waals surface area contributed by atoms with Gasteiger partial charge < -0.3 is 5.32 Å². The summed E-state index contributed by atoms with van der Waals surface area (Å²) in [6.07, 6.45) is 19.8. The van der Waals surface area contributed by atoms with E-state index in [0.717, 1.165) is 11.4 Å². The molecule has 1 heteroatoms. The molecule has 1 atom stereocenters. The van der Waals surface area contributed by atoms with Crippen LogP contribution in [0.3, 0.4) is 0 Å². The van der Waals surface area contributed by atoms with Gasteiger partial charge in [-0.25, -0.2) is 0 Å². The highest BCUT2D eigenvalue weighted by molar-refractivity contribution is 5.34. The fourth-order valence-corrected chi connectivity index (χ4v) is 1.48. The first-order valence-electron chi connectivity index (χ1n) is 5.72. The quantitative estimate of drug-likeness (QED) is 0.696. The highest BCUT2D eigenvalue weighted by Gasteiger charge is 1.99. The summed E-state index contributed by atoms with van der Waals surface area (Å²) in [5.74, 6) is 0.431.